The largest absolute Gasteiger partial charge is 0.543 e. The molecule has 1 aliphatic carbocycles. The van der Waals surface area contributed by atoms with Crippen molar-refractivity contribution < 1.29 is 33.9 Å². The van der Waals surface area contributed by atoms with Crippen LogP contribution < -0.4 is 16.2 Å². The average Bonchev–Trinajstić information content (AvgIpc) is 3.67. The van der Waals surface area contributed by atoms with Gasteiger partial charge >= 0.3 is 0 Å². The van der Waals surface area contributed by atoms with Crippen LogP contribution in [0.4, 0.5) is 5.13 Å². The third kappa shape index (κ3) is 4.89. The van der Waals surface area contributed by atoms with Crippen LogP contribution in [0.3, 0.4) is 0 Å². The summed E-state index contributed by atoms with van der Waals surface area (Å²) in [5.41, 5.74) is 6.11. The molecule has 2 amide bonds. The Morgan fingerprint density at radius 1 is 1.28 bits per heavy atom. The van der Waals surface area contributed by atoms with E-state index in [1.165, 1.54) is 16.7 Å². The standard InChI is InChI=1S/C24H31N7O6S2/c25-23-27-18(29-39-23)15(28-37-10-13-1-2-13)19(33)26-16-20(34)30-17(22(35)36)14(11-38-21(16)30)9-31-6-3-24(12-32,4-7-31)5-8-31/h13,16,21,32H,1-12H2,(H3-,25,26,27,29,33,35,36)/b28-15-/t16-,21-,24?,31?/m1/s1. The third-order valence-electron chi connectivity index (χ3n) is 8.77. The van der Waals surface area contributed by atoms with Crippen molar-refractivity contribution in [3.8, 4) is 0 Å². The Morgan fingerprint density at radius 2 is 2.00 bits per heavy atom. The molecule has 1 aromatic heterocycles. The Balaban J connectivity index is 1.17. The smallest absolute Gasteiger partial charge is 0.278 e. The molecule has 0 unspecified atom stereocenters. The SMILES string of the molecule is Nc1nc(/C(=N/OCC2CC2)C(=O)N[C@@H]2C(=O)N3C(C(=O)[O-])=C(C[N+]45CCC(CO)(CC4)CC5)CS[C@H]23)ns1. The summed E-state index contributed by atoms with van der Waals surface area (Å²) >= 11 is 2.33. The molecular formula is C24H31N7O6S2. The lowest BCUT2D eigenvalue weighted by molar-refractivity contribution is -0.941. The minimum atomic E-state index is -1.39. The number of β-lactam (4-membered cyclic amide) rings is 1. The third-order valence-corrected chi connectivity index (χ3v) is 10.7. The highest BCUT2D eigenvalue weighted by atomic mass is 32.2. The number of nitrogens with zero attached hydrogens (tertiary/aromatic N) is 5. The highest BCUT2D eigenvalue weighted by molar-refractivity contribution is 8.00. The van der Waals surface area contributed by atoms with Crippen LogP contribution >= 0.6 is 23.3 Å². The van der Waals surface area contributed by atoms with Crippen LogP contribution in [0.15, 0.2) is 16.4 Å². The van der Waals surface area contributed by atoms with Gasteiger partial charge in [0.05, 0.1) is 31.3 Å². The summed E-state index contributed by atoms with van der Waals surface area (Å²) in [6.45, 7) is 3.74. The number of carboxylic acid groups (broad SMARTS) is 1. The number of amides is 2. The zero-order valence-corrected chi connectivity index (χ0v) is 23.0. The topological polar surface area (TPSA) is 183 Å². The van der Waals surface area contributed by atoms with E-state index in [1.54, 1.807) is 0 Å². The molecule has 1 saturated carbocycles. The minimum Gasteiger partial charge on any atom is -0.543 e. The maximum Gasteiger partial charge on any atom is 0.278 e. The number of aliphatic carboxylic acids is 1. The average molecular weight is 578 g/mol. The van der Waals surface area contributed by atoms with Gasteiger partial charge in [-0.25, -0.2) is 0 Å². The normalized spacial score (nSPS) is 32.1. The predicted molar refractivity (Wildman–Crippen MR) is 140 cm³/mol. The quantitative estimate of drug-likeness (QED) is 0.130. The van der Waals surface area contributed by atoms with E-state index >= 15 is 0 Å². The number of hydrogen-bond donors (Lipinski definition) is 3. The fraction of sp³-hybridized carbons (Fsp3) is 0.667. The van der Waals surface area contributed by atoms with Gasteiger partial charge in [0, 0.05) is 54.1 Å². The monoisotopic (exact) mass is 577 g/mol. The van der Waals surface area contributed by atoms with E-state index < -0.39 is 29.2 Å². The zero-order valence-electron chi connectivity index (χ0n) is 21.3. The Kier molecular flexibility index (Phi) is 6.80. The summed E-state index contributed by atoms with van der Waals surface area (Å²) in [6, 6.07) is -0.940. The van der Waals surface area contributed by atoms with Crippen LogP contribution in [0.25, 0.3) is 0 Å². The van der Waals surface area contributed by atoms with Crippen molar-refractivity contribution in [1.29, 1.82) is 0 Å². The molecule has 4 saturated heterocycles. The first-order valence-corrected chi connectivity index (χ1v) is 15.0. The molecule has 5 fully saturated rings. The second-order valence-corrected chi connectivity index (χ2v) is 13.2. The number of carboxylic acids is 1. The Labute approximate surface area is 233 Å². The number of nitrogens with two attached hydrogens (primary N) is 1. The van der Waals surface area contributed by atoms with Crippen LogP contribution in [-0.4, -0.2) is 104 Å². The van der Waals surface area contributed by atoms with Crippen LogP contribution in [0, 0.1) is 11.3 Å². The van der Waals surface area contributed by atoms with Crippen molar-refractivity contribution in [2.24, 2.45) is 16.5 Å². The van der Waals surface area contributed by atoms with Gasteiger partial charge in [0.15, 0.2) is 5.13 Å². The van der Waals surface area contributed by atoms with Gasteiger partial charge in [-0.1, -0.05) is 5.16 Å². The number of carbonyl (C=O) groups excluding carboxylic acids is 3. The molecule has 1 aromatic rings. The first kappa shape index (κ1) is 26.5. The van der Waals surface area contributed by atoms with Gasteiger partial charge in [-0.15, -0.1) is 11.8 Å². The number of aromatic nitrogens is 2. The predicted octanol–water partition coefficient (Wildman–Crippen LogP) is -1.35. The zero-order chi connectivity index (χ0) is 27.4. The molecule has 39 heavy (non-hydrogen) atoms. The van der Waals surface area contributed by atoms with Gasteiger partial charge in [0.25, 0.3) is 11.8 Å². The van der Waals surface area contributed by atoms with Gasteiger partial charge < -0.3 is 35.4 Å². The summed E-state index contributed by atoms with van der Waals surface area (Å²) in [7, 11) is 0. The first-order valence-electron chi connectivity index (χ1n) is 13.2. The number of carbonyl (C=O) groups is 3. The highest BCUT2D eigenvalue weighted by Gasteiger charge is 2.55. The van der Waals surface area contributed by atoms with Crippen molar-refractivity contribution in [3.63, 3.8) is 0 Å². The van der Waals surface area contributed by atoms with Gasteiger partial charge in [0.1, 0.15) is 24.6 Å². The number of quaternary nitrogens is 1. The molecule has 5 aliphatic heterocycles. The lowest BCUT2D eigenvalue weighted by Crippen LogP contribution is -2.72. The molecule has 2 bridgehead atoms. The Morgan fingerprint density at radius 3 is 2.59 bits per heavy atom. The molecule has 0 aromatic carbocycles. The van der Waals surface area contributed by atoms with E-state index in [-0.39, 0.29) is 34.4 Å². The molecule has 7 rings (SSSR count). The van der Waals surface area contributed by atoms with Crippen molar-refractivity contribution in [3.05, 3.63) is 17.1 Å². The number of anilines is 1. The van der Waals surface area contributed by atoms with Crippen molar-refractivity contribution in [1.82, 2.24) is 19.6 Å². The molecule has 2 atom stereocenters. The Bertz CT molecular complexity index is 1240. The molecule has 6 aliphatic rings. The molecule has 15 heteroatoms. The van der Waals surface area contributed by atoms with Gasteiger partial charge in [0.2, 0.25) is 11.5 Å². The molecule has 13 nitrogen and oxygen atoms in total. The van der Waals surface area contributed by atoms with E-state index in [9.17, 15) is 24.6 Å². The number of piperidine rings is 3. The summed E-state index contributed by atoms with van der Waals surface area (Å²) in [6.07, 6.45) is 4.83. The number of fused-ring (bicyclic) bond motifs is 4. The van der Waals surface area contributed by atoms with Crippen molar-refractivity contribution in [2.45, 2.75) is 43.5 Å². The van der Waals surface area contributed by atoms with Crippen molar-refractivity contribution >= 4 is 51.9 Å². The molecular weight excluding hydrogens is 546 g/mol. The number of nitrogen functional groups attached to an aromatic ring is 1. The number of hydrogen-bond acceptors (Lipinski definition) is 12. The fourth-order valence-electron chi connectivity index (χ4n) is 6.02. The minimum absolute atomic E-state index is 0.00171. The second kappa shape index (κ2) is 10.0. The van der Waals surface area contributed by atoms with E-state index in [4.69, 9.17) is 10.6 Å². The van der Waals surface area contributed by atoms with Crippen LogP contribution in [0.1, 0.15) is 37.9 Å². The fourth-order valence-corrected chi connectivity index (χ4v) is 7.79. The van der Waals surface area contributed by atoms with Gasteiger partial charge in [-0.05, 0) is 18.8 Å². The lowest BCUT2D eigenvalue weighted by Gasteiger charge is -2.56. The van der Waals surface area contributed by atoms with Gasteiger partial charge in [-0.2, -0.15) is 9.36 Å². The summed E-state index contributed by atoms with van der Waals surface area (Å²) in [5, 5.41) is 28.3. The summed E-state index contributed by atoms with van der Waals surface area (Å²) in [4.78, 5) is 49.3. The van der Waals surface area contributed by atoms with E-state index in [2.05, 4.69) is 19.8 Å². The number of rotatable bonds is 10. The van der Waals surface area contributed by atoms with E-state index in [1.807, 2.05) is 0 Å². The van der Waals surface area contributed by atoms with E-state index in [0.29, 0.717) is 30.4 Å². The molecule has 0 radical (unpaired) electrons. The highest BCUT2D eigenvalue weighted by Crippen LogP contribution is 2.46. The first-order chi connectivity index (χ1) is 18.7. The molecule has 4 N–H and O–H groups in total. The number of oxime groups is 1. The van der Waals surface area contributed by atoms with E-state index in [0.717, 1.165) is 67.8 Å². The lowest BCUT2D eigenvalue weighted by atomic mass is 9.71. The number of thioether (sulfide) groups is 1. The maximum absolute atomic E-state index is 13.2. The van der Waals surface area contributed by atoms with Crippen LogP contribution in [0.5, 0.6) is 0 Å². The molecule has 210 valence electrons. The molecule has 6 heterocycles. The van der Waals surface area contributed by atoms with Crippen LogP contribution in [-0.2, 0) is 19.2 Å². The second-order valence-electron chi connectivity index (χ2n) is 11.3. The number of aliphatic hydroxyl groups is 1. The summed E-state index contributed by atoms with van der Waals surface area (Å²) < 4.78 is 4.82. The number of aliphatic hydroxyl groups excluding tert-OH is 1. The van der Waals surface area contributed by atoms with Crippen molar-refractivity contribution in [2.75, 3.05) is 50.9 Å². The van der Waals surface area contributed by atoms with Crippen LogP contribution in [0.2, 0.25) is 0 Å². The molecule has 0 spiro atoms. The maximum atomic E-state index is 13.2. The number of nitrogens with one attached hydrogen (secondary N) is 1. The van der Waals surface area contributed by atoms with Gasteiger partial charge in [-0.3, -0.25) is 14.5 Å². The summed E-state index contributed by atoms with van der Waals surface area (Å²) in [5.74, 6) is -1.76. The Hall–Kier alpha value is -2.75.